The van der Waals surface area contributed by atoms with Crippen LogP contribution in [-0.2, 0) is 28.6 Å². The van der Waals surface area contributed by atoms with Crippen LogP contribution in [0.4, 0.5) is 13.2 Å². The lowest BCUT2D eigenvalue weighted by molar-refractivity contribution is -0.135. The molecule has 0 heterocycles. The molecule has 0 aliphatic rings. The average Bonchev–Trinajstić information content (AvgIpc) is 0.850. The van der Waals surface area contributed by atoms with Gasteiger partial charge in [-0.15, -0.1) is 0 Å². The molecule has 0 saturated heterocycles. The highest BCUT2D eigenvalue weighted by Crippen LogP contribution is 2.26. The van der Waals surface area contributed by atoms with Crippen molar-refractivity contribution < 1.29 is 99.0 Å². The number of esters is 9. The molecule has 0 aliphatic carbocycles. The molecule has 104 heavy (non-hydrogen) atoms. The van der Waals surface area contributed by atoms with Gasteiger partial charge in [0, 0.05) is 37.5 Å². The van der Waals surface area contributed by atoms with Gasteiger partial charge in [0.25, 0.3) is 0 Å². The highest BCUT2D eigenvalue weighted by molar-refractivity contribution is 5.94. The topological polar surface area (TPSA) is 237 Å². The van der Waals surface area contributed by atoms with Crippen LogP contribution in [-0.4, -0.2) is 73.5 Å². The number of unbranched alkanes of at least 4 members (excludes halogenated alkanes) is 23. The fourth-order valence-corrected chi connectivity index (χ4v) is 10.4. The minimum Gasteiger partial charge on any atom is -0.462 e. The third-order valence-electron chi connectivity index (χ3n) is 16.1. The molecule has 0 bridgehead atoms. The second kappa shape index (κ2) is 51.5. The molecule has 21 heteroatoms. The van der Waals surface area contributed by atoms with E-state index in [1.54, 1.807) is 20.8 Å². The minimum atomic E-state index is -0.905. The maximum Gasteiger partial charge on any atom is 0.346 e. The van der Waals surface area contributed by atoms with Crippen molar-refractivity contribution in [3.63, 3.8) is 0 Å². The Hall–Kier alpha value is -9.66. The van der Waals surface area contributed by atoms with Crippen LogP contribution in [0.2, 0.25) is 0 Å². The molecule has 0 fully saturated rings. The van der Waals surface area contributed by atoms with Crippen LogP contribution in [0, 0.1) is 17.5 Å². The smallest absolute Gasteiger partial charge is 0.346 e. The summed E-state index contributed by atoms with van der Waals surface area (Å²) in [5.41, 5.74) is 0.0530. The fourth-order valence-electron chi connectivity index (χ4n) is 10.4. The molecule has 6 aromatic carbocycles. The van der Waals surface area contributed by atoms with Gasteiger partial charge in [0.1, 0.15) is 51.9 Å². The third-order valence-corrected chi connectivity index (χ3v) is 16.1. The quantitative estimate of drug-likeness (QED) is 0.0150. The Bertz CT molecular complexity index is 3590. The summed E-state index contributed by atoms with van der Waals surface area (Å²) in [6, 6.07) is 27.9. The Labute approximate surface area is 610 Å². The van der Waals surface area contributed by atoms with Crippen molar-refractivity contribution in [1.82, 2.24) is 0 Å². The summed E-state index contributed by atoms with van der Waals surface area (Å²) in [6.07, 6.45) is 30.4. The van der Waals surface area contributed by atoms with Crippen molar-refractivity contribution in [2.45, 2.75) is 228 Å². The van der Waals surface area contributed by atoms with Gasteiger partial charge < -0.3 is 42.6 Å². The minimum absolute atomic E-state index is 0.0378. The van der Waals surface area contributed by atoms with Gasteiger partial charge in [-0.1, -0.05) is 168 Å². The summed E-state index contributed by atoms with van der Waals surface area (Å²) in [7, 11) is 0. The van der Waals surface area contributed by atoms with Gasteiger partial charge >= 0.3 is 53.7 Å². The van der Waals surface area contributed by atoms with E-state index in [2.05, 4.69) is 20.8 Å². The lowest BCUT2D eigenvalue weighted by atomic mass is 10.1. The second-order valence-electron chi connectivity index (χ2n) is 24.6. The number of rotatable bonds is 44. The first-order valence-electron chi connectivity index (χ1n) is 36.8. The lowest BCUT2D eigenvalue weighted by Crippen LogP contribution is -2.12. The highest BCUT2D eigenvalue weighted by Gasteiger charge is 2.21. The molecule has 0 atom stereocenters. The van der Waals surface area contributed by atoms with E-state index >= 15 is 0 Å². The Balaban J connectivity index is 0.000000331. The van der Waals surface area contributed by atoms with Gasteiger partial charge in [0.2, 0.25) is 0 Å². The molecule has 564 valence electrons. The van der Waals surface area contributed by atoms with Crippen molar-refractivity contribution >= 4 is 53.7 Å². The number of halogens is 3. The summed E-state index contributed by atoms with van der Waals surface area (Å²) >= 11 is 0. The Morgan fingerprint density at radius 2 is 0.442 bits per heavy atom. The first kappa shape index (κ1) is 86.7. The van der Waals surface area contributed by atoms with Crippen LogP contribution < -0.4 is 28.4 Å². The van der Waals surface area contributed by atoms with Gasteiger partial charge in [0.15, 0.2) is 0 Å². The SMILES string of the molecule is CCCCCCCCCC(=O)Oc1ccc(C(=O)Oc2ccc(C(=O)OCC)cc2)c(F)c1.CCCCCCCCCCCC(=O)Oc1ccc(C(=O)Oc2ccc(C(=O)OCC)cc2)c(F)c1.CCCCCCCCCCCCC(=O)Oc1ccc(C(=O)Oc2ccc(C(=O)OCC)cc2)c(F)c1. The Morgan fingerprint density at radius 1 is 0.240 bits per heavy atom. The van der Waals surface area contributed by atoms with E-state index < -0.39 is 71.2 Å². The zero-order valence-corrected chi connectivity index (χ0v) is 61.2. The van der Waals surface area contributed by atoms with Crippen LogP contribution in [0.3, 0.4) is 0 Å². The zero-order valence-electron chi connectivity index (χ0n) is 61.2. The van der Waals surface area contributed by atoms with Gasteiger partial charge in [-0.3, -0.25) is 14.4 Å². The summed E-state index contributed by atoms with van der Waals surface area (Å²) in [4.78, 5) is 108. The molecular weight excluding hydrogens is 1340 g/mol. The van der Waals surface area contributed by atoms with Crippen molar-refractivity contribution in [1.29, 1.82) is 0 Å². The van der Waals surface area contributed by atoms with Crippen LogP contribution >= 0.6 is 0 Å². The standard InChI is InChI=1S/C29H37FO6.C28H35FO6.C26H31FO6/c1-3-5-6-7-8-9-10-11-12-13-14-27(31)35-24-19-20-25(26(30)21-24)29(33)36-23-17-15-22(16-18-23)28(32)34-4-2;1-3-5-6-7-8-9-10-11-12-13-26(30)34-23-18-19-24(25(29)20-23)28(32)35-22-16-14-21(15-17-22)27(31)33-4-2;1-3-5-6-7-8-9-10-11-24(28)32-21-16-17-22(23(27)18-21)26(30)33-20-14-12-19(13-15-20)25(29)31-4-2/h15-21H,3-14H2,1-2H3;14-20H,3-13H2,1-2H3;12-18H,3-11H2,1-2H3. The average molecular weight is 1450 g/mol. The van der Waals surface area contributed by atoms with E-state index in [0.717, 1.165) is 76.0 Å². The summed E-state index contributed by atoms with van der Waals surface area (Å²) in [5.74, 6) is -7.45. The Kier molecular flexibility index (Phi) is 42.9. The van der Waals surface area contributed by atoms with E-state index in [0.29, 0.717) is 16.7 Å². The number of hydrogen-bond acceptors (Lipinski definition) is 18. The number of benzene rings is 6. The molecule has 18 nitrogen and oxygen atoms in total. The van der Waals surface area contributed by atoms with Crippen LogP contribution in [0.25, 0.3) is 0 Å². The monoisotopic (exact) mass is 1440 g/mol. The van der Waals surface area contributed by atoms with Crippen LogP contribution in [0.1, 0.15) is 290 Å². The molecule has 0 aliphatic heterocycles. The van der Waals surface area contributed by atoms with E-state index in [9.17, 15) is 56.3 Å². The first-order valence-corrected chi connectivity index (χ1v) is 36.8. The molecule has 0 spiro atoms. The van der Waals surface area contributed by atoms with Crippen LogP contribution in [0.15, 0.2) is 127 Å². The zero-order chi connectivity index (χ0) is 75.7. The summed E-state index contributed by atoms with van der Waals surface area (Å²) < 4.78 is 89.1. The van der Waals surface area contributed by atoms with Crippen molar-refractivity contribution in [2.24, 2.45) is 0 Å². The highest BCUT2D eigenvalue weighted by atomic mass is 19.1. The fraction of sp³-hybridized carbons (Fsp3) is 0.458. The molecule has 6 aromatic rings. The number of carbonyl (C=O) groups excluding carboxylic acids is 9. The predicted octanol–water partition coefficient (Wildman–Crippen LogP) is 20.8. The molecule has 0 aromatic heterocycles. The second-order valence-corrected chi connectivity index (χ2v) is 24.6. The molecule has 6 rings (SSSR count). The molecule has 0 N–H and O–H groups in total. The lowest BCUT2D eigenvalue weighted by Gasteiger charge is -2.08. The van der Waals surface area contributed by atoms with Gasteiger partial charge in [-0.25, -0.2) is 41.9 Å². The van der Waals surface area contributed by atoms with E-state index in [1.807, 2.05) is 0 Å². The first-order chi connectivity index (χ1) is 50.3. The van der Waals surface area contributed by atoms with Crippen molar-refractivity contribution in [3.05, 3.63) is 178 Å². The maximum absolute atomic E-state index is 14.5. The third kappa shape index (κ3) is 35.0. The van der Waals surface area contributed by atoms with Crippen molar-refractivity contribution in [3.8, 4) is 34.5 Å². The summed E-state index contributed by atoms with van der Waals surface area (Å²) in [5, 5.41) is 0. The van der Waals surface area contributed by atoms with Crippen molar-refractivity contribution in [2.75, 3.05) is 19.8 Å². The molecule has 0 unspecified atom stereocenters. The van der Waals surface area contributed by atoms with Gasteiger partial charge in [-0.05, 0) is 149 Å². The largest absolute Gasteiger partial charge is 0.462 e. The number of ether oxygens (including phenoxy) is 9. The molecule has 0 radical (unpaired) electrons. The van der Waals surface area contributed by atoms with Gasteiger partial charge in [0.05, 0.1) is 53.2 Å². The predicted molar refractivity (Wildman–Crippen MR) is 389 cm³/mol. The molecule has 0 saturated carbocycles. The summed E-state index contributed by atoms with van der Waals surface area (Å²) in [6.45, 7) is 12.4. The normalized spacial score (nSPS) is 10.6. The van der Waals surface area contributed by atoms with Crippen LogP contribution in [0.5, 0.6) is 34.5 Å². The van der Waals surface area contributed by atoms with Gasteiger partial charge in [-0.2, -0.15) is 0 Å². The van der Waals surface area contributed by atoms with E-state index in [1.165, 1.54) is 218 Å². The van der Waals surface area contributed by atoms with E-state index in [-0.39, 0.29) is 90.3 Å². The Morgan fingerprint density at radius 3 is 0.644 bits per heavy atom. The number of hydrogen-bond donors (Lipinski definition) is 0. The maximum atomic E-state index is 14.5. The molecule has 0 amide bonds. The number of carbonyl (C=O) groups is 9. The van der Waals surface area contributed by atoms with E-state index in [4.69, 9.17) is 42.6 Å². The molecular formula is C83H103F3O18.